The van der Waals surface area contributed by atoms with Crippen LogP contribution in [-0.2, 0) is 6.54 Å². The van der Waals surface area contributed by atoms with Crippen LogP contribution in [0.15, 0.2) is 65.4 Å². The van der Waals surface area contributed by atoms with Crippen LogP contribution >= 0.6 is 11.3 Å². The maximum atomic E-state index is 12.1. The van der Waals surface area contributed by atoms with E-state index in [0.717, 1.165) is 5.56 Å². The summed E-state index contributed by atoms with van der Waals surface area (Å²) in [6, 6.07) is 9.69. The second-order valence-electron chi connectivity index (χ2n) is 4.43. The van der Waals surface area contributed by atoms with E-state index in [9.17, 15) is 4.79 Å². The molecule has 1 heterocycles. The monoisotopic (exact) mass is 327 g/mol. The fourth-order valence-corrected chi connectivity index (χ4v) is 2.36. The van der Waals surface area contributed by atoms with Crippen molar-refractivity contribution in [1.82, 2.24) is 10.3 Å². The molecule has 0 fully saturated rings. The van der Waals surface area contributed by atoms with Gasteiger partial charge in [-0.1, -0.05) is 36.9 Å². The Morgan fingerprint density at radius 1 is 1.39 bits per heavy atom. The van der Waals surface area contributed by atoms with E-state index in [-0.39, 0.29) is 5.91 Å². The Labute approximate surface area is 138 Å². The van der Waals surface area contributed by atoms with E-state index < -0.39 is 0 Å². The molecule has 0 aliphatic carbocycles. The number of aromatic nitrogens is 1. The molecule has 1 aromatic heterocycles. The van der Waals surface area contributed by atoms with Crippen LogP contribution in [0.2, 0.25) is 0 Å². The lowest BCUT2D eigenvalue weighted by atomic mass is 10.2. The minimum atomic E-state index is -0.228. The zero-order valence-electron chi connectivity index (χ0n) is 12.4. The number of nitrogens with two attached hydrogens (primary N) is 1. The molecule has 1 amide bonds. The number of amides is 1. The fourth-order valence-electron chi connectivity index (χ4n) is 1.65. The molecule has 0 aliphatic heterocycles. The number of anilines is 1. The van der Waals surface area contributed by atoms with Gasteiger partial charge in [0.1, 0.15) is 11.5 Å². The SMILES string of the molecule is C=C/N=C\C=C(/N)Nc1nc(C(=O)NCc2ccccc2)cs1. The van der Waals surface area contributed by atoms with Crippen LogP contribution in [0.1, 0.15) is 16.1 Å². The van der Waals surface area contributed by atoms with Gasteiger partial charge in [0.2, 0.25) is 0 Å². The number of hydrogen-bond donors (Lipinski definition) is 3. The van der Waals surface area contributed by atoms with Crippen molar-refractivity contribution in [3.63, 3.8) is 0 Å². The maximum Gasteiger partial charge on any atom is 0.271 e. The first-order chi connectivity index (χ1) is 11.2. The lowest BCUT2D eigenvalue weighted by Crippen LogP contribution is -2.23. The van der Waals surface area contributed by atoms with Crippen LogP contribution in [0.4, 0.5) is 5.13 Å². The highest BCUT2D eigenvalue weighted by Crippen LogP contribution is 2.16. The molecule has 0 aliphatic rings. The summed E-state index contributed by atoms with van der Waals surface area (Å²) in [5, 5.41) is 7.93. The van der Waals surface area contributed by atoms with Crippen LogP contribution in [0.3, 0.4) is 0 Å². The summed E-state index contributed by atoms with van der Waals surface area (Å²) in [5.74, 6) is 0.148. The number of carbonyl (C=O) groups excluding carboxylic acids is 1. The summed E-state index contributed by atoms with van der Waals surface area (Å²) in [4.78, 5) is 20.1. The molecular formula is C16H17N5OS. The summed E-state index contributed by atoms with van der Waals surface area (Å²) in [6.07, 6.45) is 4.50. The second kappa shape index (κ2) is 8.50. The number of allylic oxidation sites excluding steroid dienone is 1. The van der Waals surface area contributed by atoms with Gasteiger partial charge < -0.3 is 16.4 Å². The topological polar surface area (TPSA) is 92.4 Å². The predicted octanol–water partition coefficient (Wildman–Crippen LogP) is 2.50. The number of hydrogen-bond acceptors (Lipinski definition) is 6. The van der Waals surface area contributed by atoms with E-state index in [0.29, 0.717) is 23.2 Å². The molecule has 1 aromatic carbocycles. The highest BCUT2D eigenvalue weighted by molar-refractivity contribution is 7.13. The molecule has 118 valence electrons. The molecule has 0 unspecified atom stereocenters. The molecule has 0 radical (unpaired) electrons. The molecule has 2 aromatic rings. The van der Waals surface area contributed by atoms with E-state index in [1.54, 1.807) is 11.5 Å². The van der Waals surface area contributed by atoms with Gasteiger partial charge in [0.15, 0.2) is 5.13 Å². The second-order valence-corrected chi connectivity index (χ2v) is 5.29. The average molecular weight is 327 g/mol. The van der Waals surface area contributed by atoms with Crippen molar-refractivity contribution in [3.8, 4) is 0 Å². The van der Waals surface area contributed by atoms with Crippen LogP contribution in [0.5, 0.6) is 0 Å². The van der Waals surface area contributed by atoms with Gasteiger partial charge in [-0.25, -0.2) is 4.98 Å². The number of benzene rings is 1. The number of rotatable bonds is 7. The summed E-state index contributed by atoms with van der Waals surface area (Å²) in [6.45, 7) is 3.92. The van der Waals surface area contributed by atoms with E-state index >= 15 is 0 Å². The molecule has 23 heavy (non-hydrogen) atoms. The first-order valence-corrected chi connectivity index (χ1v) is 7.71. The van der Waals surface area contributed by atoms with Crippen molar-refractivity contribution in [2.75, 3.05) is 5.32 Å². The van der Waals surface area contributed by atoms with E-state index in [1.165, 1.54) is 23.8 Å². The van der Waals surface area contributed by atoms with Gasteiger partial charge in [-0.3, -0.25) is 9.79 Å². The normalized spacial score (nSPS) is 11.4. The van der Waals surface area contributed by atoms with Gasteiger partial charge in [0.25, 0.3) is 5.91 Å². The Morgan fingerprint density at radius 3 is 2.91 bits per heavy atom. The Hall–Kier alpha value is -2.93. The van der Waals surface area contributed by atoms with Crippen molar-refractivity contribution in [3.05, 3.63) is 71.6 Å². The lowest BCUT2D eigenvalue weighted by molar-refractivity contribution is 0.0946. The fraction of sp³-hybridized carbons (Fsp3) is 0.0625. The van der Waals surface area contributed by atoms with E-state index in [1.807, 2.05) is 30.3 Å². The summed E-state index contributed by atoms with van der Waals surface area (Å²) >= 11 is 1.30. The zero-order chi connectivity index (χ0) is 16.5. The number of thiazole rings is 1. The maximum absolute atomic E-state index is 12.1. The predicted molar refractivity (Wildman–Crippen MR) is 94.3 cm³/mol. The van der Waals surface area contributed by atoms with Gasteiger partial charge in [-0.05, 0) is 11.6 Å². The van der Waals surface area contributed by atoms with Crippen molar-refractivity contribution in [1.29, 1.82) is 0 Å². The Balaban J connectivity index is 1.90. The molecule has 2 rings (SSSR count). The first-order valence-electron chi connectivity index (χ1n) is 6.83. The number of nitrogens with zero attached hydrogens (tertiary/aromatic N) is 2. The quantitative estimate of drug-likeness (QED) is 0.681. The minimum Gasteiger partial charge on any atom is -0.385 e. The van der Waals surface area contributed by atoms with Crippen molar-refractivity contribution < 1.29 is 4.79 Å². The van der Waals surface area contributed by atoms with Gasteiger partial charge in [0, 0.05) is 24.3 Å². The molecule has 0 saturated carbocycles. The third-order valence-corrected chi connectivity index (χ3v) is 3.49. The van der Waals surface area contributed by atoms with Gasteiger partial charge in [-0.15, -0.1) is 11.3 Å². The summed E-state index contributed by atoms with van der Waals surface area (Å²) < 4.78 is 0. The summed E-state index contributed by atoms with van der Waals surface area (Å²) in [7, 11) is 0. The average Bonchev–Trinajstić information content (AvgIpc) is 3.02. The Kier molecular flexibility index (Phi) is 6.07. The Bertz CT molecular complexity index is 721. The van der Waals surface area contributed by atoms with Gasteiger partial charge in [-0.2, -0.15) is 0 Å². The highest BCUT2D eigenvalue weighted by atomic mass is 32.1. The van der Waals surface area contributed by atoms with Gasteiger partial charge in [0.05, 0.1) is 0 Å². The standard InChI is InChI=1S/C16H17N5OS/c1-2-18-9-8-14(17)21-16-20-13(11-23-16)15(22)19-10-12-6-4-3-5-7-12/h2-9,11H,1,10,17H2,(H,19,22)(H,20,21)/b14-8+,18-9-. The number of carbonyl (C=O) groups is 1. The Morgan fingerprint density at radius 2 is 2.17 bits per heavy atom. The smallest absolute Gasteiger partial charge is 0.271 e. The molecular weight excluding hydrogens is 310 g/mol. The highest BCUT2D eigenvalue weighted by Gasteiger charge is 2.10. The van der Waals surface area contributed by atoms with Crippen LogP contribution in [-0.4, -0.2) is 17.1 Å². The zero-order valence-corrected chi connectivity index (χ0v) is 13.2. The third kappa shape index (κ3) is 5.40. The van der Waals surface area contributed by atoms with Gasteiger partial charge >= 0.3 is 0 Å². The minimum absolute atomic E-state index is 0.228. The molecule has 7 heteroatoms. The molecule has 4 N–H and O–H groups in total. The molecule has 0 spiro atoms. The van der Waals surface area contributed by atoms with E-state index in [4.69, 9.17) is 5.73 Å². The largest absolute Gasteiger partial charge is 0.385 e. The lowest BCUT2D eigenvalue weighted by Gasteiger charge is -2.03. The molecule has 0 bridgehead atoms. The van der Waals surface area contributed by atoms with Crippen LogP contribution in [0, 0.1) is 0 Å². The van der Waals surface area contributed by atoms with Crippen LogP contribution in [0.25, 0.3) is 0 Å². The number of nitrogens with one attached hydrogen (secondary N) is 2. The summed E-state index contributed by atoms with van der Waals surface area (Å²) in [5.41, 5.74) is 7.14. The van der Waals surface area contributed by atoms with Crippen molar-refractivity contribution in [2.24, 2.45) is 10.7 Å². The molecule has 0 saturated heterocycles. The third-order valence-electron chi connectivity index (χ3n) is 2.73. The van der Waals surface area contributed by atoms with Crippen LogP contribution < -0.4 is 16.4 Å². The molecule has 0 atom stereocenters. The van der Waals surface area contributed by atoms with E-state index in [2.05, 4.69) is 27.2 Å². The van der Waals surface area contributed by atoms with Crippen molar-refractivity contribution >= 4 is 28.6 Å². The molecule has 6 nitrogen and oxygen atoms in total. The van der Waals surface area contributed by atoms with Crippen molar-refractivity contribution in [2.45, 2.75) is 6.54 Å². The first kappa shape index (κ1) is 16.4. The number of aliphatic imine (C=N–C) groups is 1.